The molecule has 2 aliphatic heterocycles. The van der Waals surface area contributed by atoms with Crippen LogP contribution < -0.4 is 10.6 Å². The van der Waals surface area contributed by atoms with Crippen molar-refractivity contribution in [3.8, 4) is 11.3 Å². The number of amides is 1. The first kappa shape index (κ1) is 12.5. The van der Waals surface area contributed by atoms with Crippen LogP contribution in [0.2, 0.25) is 0 Å². The molecule has 2 aliphatic rings. The molecule has 6 heteroatoms. The number of rotatable bonds is 3. The predicted molar refractivity (Wildman–Crippen MR) is 75.6 cm³/mol. The lowest BCUT2D eigenvalue weighted by atomic mass is 9.95. The lowest BCUT2D eigenvalue weighted by Gasteiger charge is -2.20. The Labute approximate surface area is 122 Å². The Bertz CT molecular complexity index is 655. The number of fused-ring (bicyclic) bond motifs is 2. The first-order chi connectivity index (χ1) is 10.3. The molecule has 108 valence electrons. The van der Waals surface area contributed by atoms with E-state index in [0.717, 1.165) is 18.4 Å². The molecule has 4 heterocycles. The van der Waals surface area contributed by atoms with Crippen LogP contribution in [-0.2, 0) is 0 Å². The maximum atomic E-state index is 12.2. The van der Waals surface area contributed by atoms with E-state index in [0.29, 0.717) is 17.8 Å². The SMILES string of the molecule is O=C(NC1CC2CCC1N2)c1ncc(-c2cccnc2)o1. The van der Waals surface area contributed by atoms with Gasteiger partial charge in [-0.15, -0.1) is 0 Å². The second kappa shape index (κ2) is 4.96. The number of pyridine rings is 1. The number of aromatic nitrogens is 2. The number of carbonyl (C=O) groups is 1. The van der Waals surface area contributed by atoms with Gasteiger partial charge in [0, 0.05) is 36.1 Å². The normalized spacial score (nSPS) is 27.0. The summed E-state index contributed by atoms with van der Waals surface area (Å²) in [5, 5.41) is 6.51. The van der Waals surface area contributed by atoms with Gasteiger partial charge in [-0.25, -0.2) is 4.98 Å². The van der Waals surface area contributed by atoms with Crippen molar-refractivity contribution in [2.75, 3.05) is 0 Å². The van der Waals surface area contributed by atoms with E-state index in [1.807, 2.05) is 12.1 Å². The zero-order valence-electron chi connectivity index (χ0n) is 11.5. The van der Waals surface area contributed by atoms with E-state index in [2.05, 4.69) is 20.6 Å². The summed E-state index contributed by atoms with van der Waals surface area (Å²) in [5.74, 6) is 0.417. The molecule has 1 amide bonds. The summed E-state index contributed by atoms with van der Waals surface area (Å²) in [6, 6.07) is 4.82. The van der Waals surface area contributed by atoms with Gasteiger partial charge in [-0.1, -0.05) is 0 Å². The summed E-state index contributed by atoms with van der Waals surface area (Å²) in [7, 11) is 0. The predicted octanol–water partition coefficient (Wildman–Crippen LogP) is 1.36. The van der Waals surface area contributed by atoms with Crippen molar-refractivity contribution in [1.29, 1.82) is 0 Å². The number of nitrogens with zero attached hydrogens (tertiary/aromatic N) is 2. The molecule has 2 bridgehead atoms. The molecule has 0 aromatic carbocycles. The van der Waals surface area contributed by atoms with Gasteiger partial charge >= 0.3 is 5.91 Å². The van der Waals surface area contributed by atoms with Gasteiger partial charge in [-0.2, -0.15) is 0 Å². The maximum Gasteiger partial charge on any atom is 0.307 e. The third-order valence-corrected chi connectivity index (χ3v) is 4.26. The molecule has 0 aliphatic carbocycles. The molecular weight excluding hydrogens is 268 g/mol. The Hall–Kier alpha value is -2.21. The van der Waals surface area contributed by atoms with Gasteiger partial charge in [0.2, 0.25) is 0 Å². The molecule has 2 aromatic heterocycles. The average Bonchev–Trinajstić information content (AvgIpc) is 3.24. The van der Waals surface area contributed by atoms with Gasteiger partial charge in [0.1, 0.15) is 0 Å². The van der Waals surface area contributed by atoms with Crippen molar-refractivity contribution in [1.82, 2.24) is 20.6 Å². The molecule has 2 saturated heterocycles. The molecule has 0 radical (unpaired) electrons. The van der Waals surface area contributed by atoms with Crippen molar-refractivity contribution >= 4 is 5.91 Å². The molecule has 21 heavy (non-hydrogen) atoms. The van der Waals surface area contributed by atoms with Crippen molar-refractivity contribution in [3.05, 3.63) is 36.6 Å². The Morgan fingerprint density at radius 1 is 1.38 bits per heavy atom. The fraction of sp³-hybridized carbons (Fsp3) is 0.400. The summed E-state index contributed by atoms with van der Waals surface area (Å²) in [6.07, 6.45) is 8.26. The molecule has 2 N–H and O–H groups in total. The van der Waals surface area contributed by atoms with Crippen LogP contribution in [-0.4, -0.2) is 34.0 Å². The van der Waals surface area contributed by atoms with Crippen LogP contribution in [0, 0.1) is 0 Å². The van der Waals surface area contributed by atoms with Crippen molar-refractivity contribution in [2.24, 2.45) is 0 Å². The second-order valence-electron chi connectivity index (χ2n) is 5.63. The Kier molecular flexibility index (Phi) is 2.96. The van der Waals surface area contributed by atoms with E-state index in [-0.39, 0.29) is 17.8 Å². The van der Waals surface area contributed by atoms with Gasteiger partial charge in [-0.3, -0.25) is 9.78 Å². The van der Waals surface area contributed by atoms with Crippen LogP contribution in [0.25, 0.3) is 11.3 Å². The lowest BCUT2D eigenvalue weighted by Crippen LogP contribution is -2.43. The standard InChI is InChI=1S/C15H16N4O2/c20-14(19-12-6-10-3-4-11(12)18-10)15-17-8-13(21-15)9-2-1-5-16-7-9/h1-2,5,7-8,10-12,18H,3-4,6H2,(H,19,20). The van der Waals surface area contributed by atoms with Crippen molar-refractivity contribution < 1.29 is 9.21 Å². The van der Waals surface area contributed by atoms with Gasteiger partial charge < -0.3 is 15.1 Å². The molecule has 4 rings (SSSR count). The summed E-state index contributed by atoms with van der Waals surface area (Å²) in [6.45, 7) is 0. The maximum absolute atomic E-state index is 12.2. The zero-order chi connectivity index (χ0) is 14.2. The number of oxazole rings is 1. The van der Waals surface area contributed by atoms with Gasteiger partial charge in [0.25, 0.3) is 5.89 Å². The molecule has 0 saturated carbocycles. The number of hydrogen-bond donors (Lipinski definition) is 2. The third kappa shape index (κ3) is 2.31. The van der Waals surface area contributed by atoms with Gasteiger partial charge in [0.05, 0.1) is 6.20 Å². The first-order valence-corrected chi connectivity index (χ1v) is 7.23. The minimum Gasteiger partial charge on any atom is -0.432 e. The van der Waals surface area contributed by atoms with Gasteiger partial charge in [-0.05, 0) is 31.4 Å². The summed E-state index contributed by atoms with van der Waals surface area (Å²) in [4.78, 5) is 20.3. The van der Waals surface area contributed by atoms with Crippen LogP contribution in [0.4, 0.5) is 0 Å². The Morgan fingerprint density at radius 2 is 2.33 bits per heavy atom. The van der Waals surface area contributed by atoms with Crippen LogP contribution in [0.3, 0.4) is 0 Å². The Morgan fingerprint density at radius 3 is 3.05 bits per heavy atom. The van der Waals surface area contributed by atoms with Crippen LogP contribution in [0.5, 0.6) is 0 Å². The minimum absolute atomic E-state index is 0.108. The third-order valence-electron chi connectivity index (χ3n) is 4.26. The summed E-state index contributed by atoms with van der Waals surface area (Å²) in [5.41, 5.74) is 0.811. The molecule has 3 atom stereocenters. The van der Waals surface area contributed by atoms with E-state index in [4.69, 9.17) is 4.42 Å². The molecule has 6 nitrogen and oxygen atoms in total. The largest absolute Gasteiger partial charge is 0.432 e. The van der Waals surface area contributed by atoms with Crippen LogP contribution in [0.1, 0.15) is 29.9 Å². The minimum atomic E-state index is -0.246. The smallest absolute Gasteiger partial charge is 0.307 e. The topological polar surface area (TPSA) is 80.0 Å². The Balaban J connectivity index is 1.47. The molecular formula is C15H16N4O2. The first-order valence-electron chi connectivity index (χ1n) is 7.23. The summed E-state index contributed by atoms with van der Waals surface area (Å²) < 4.78 is 5.54. The van der Waals surface area contributed by atoms with E-state index < -0.39 is 0 Å². The monoisotopic (exact) mass is 284 g/mol. The summed E-state index contributed by atoms with van der Waals surface area (Å²) >= 11 is 0. The molecule has 0 spiro atoms. The molecule has 2 aromatic rings. The zero-order valence-corrected chi connectivity index (χ0v) is 11.5. The van der Waals surface area contributed by atoms with Crippen molar-refractivity contribution in [2.45, 2.75) is 37.4 Å². The lowest BCUT2D eigenvalue weighted by molar-refractivity contribution is 0.0896. The quantitative estimate of drug-likeness (QED) is 0.889. The highest BCUT2D eigenvalue weighted by atomic mass is 16.4. The highest BCUT2D eigenvalue weighted by Crippen LogP contribution is 2.28. The van der Waals surface area contributed by atoms with Gasteiger partial charge in [0.15, 0.2) is 5.76 Å². The highest BCUT2D eigenvalue weighted by molar-refractivity contribution is 5.90. The van der Waals surface area contributed by atoms with Crippen molar-refractivity contribution in [3.63, 3.8) is 0 Å². The van der Waals surface area contributed by atoms with E-state index in [9.17, 15) is 4.79 Å². The number of nitrogens with one attached hydrogen (secondary N) is 2. The average molecular weight is 284 g/mol. The van der Waals surface area contributed by atoms with E-state index >= 15 is 0 Å². The molecule has 2 fully saturated rings. The number of carbonyl (C=O) groups excluding carboxylic acids is 1. The van der Waals surface area contributed by atoms with E-state index in [1.165, 1.54) is 6.42 Å². The fourth-order valence-corrected chi connectivity index (χ4v) is 3.23. The van der Waals surface area contributed by atoms with Crippen LogP contribution in [0.15, 0.2) is 35.1 Å². The highest BCUT2D eigenvalue weighted by Gasteiger charge is 2.40. The fourth-order valence-electron chi connectivity index (χ4n) is 3.23. The second-order valence-corrected chi connectivity index (χ2v) is 5.63. The number of hydrogen-bond acceptors (Lipinski definition) is 5. The van der Waals surface area contributed by atoms with E-state index in [1.54, 1.807) is 18.6 Å². The molecule has 3 unspecified atom stereocenters. The van der Waals surface area contributed by atoms with Crippen LogP contribution >= 0.6 is 0 Å².